The molecule has 0 spiro atoms. The molecule has 2 aromatic carbocycles. The van der Waals surface area contributed by atoms with Gasteiger partial charge in [-0.1, -0.05) is 0 Å². The van der Waals surface area contributed by atoms with Crippen LogP contribution in [0.2, 0.25) is 0 Å². The minimum Gasteiger partial charge on any atom is -0.322 e. The highest BCUT2D eigenvalue weighted by Gasteiger charge is 2.13. The molecule has 1 amide bonds. The lowest BCUT2D eigenvalue weighted by molar-refractivity contribution is 0.102. The van der Waals surface area contributed by atoms with E-state index in [4.69, 9.17) is 0 Å². The number of carbonyl (C=O) groups is 1. The number of hydrogen-bond donors (Lipinski definition) is 1. The second kappa shape index (κ2) is 6.28. The van der Waals surface area contributed by atoms with Gasteiger partial charge in [0.25, 0.3) is 5.91 Å². The van der Waals surface area contributed by atoms with Gasteiger partial charge >= 0.3 is 0 Å². The maximum absolute atomic E-state index is 13.6. The first kappa shape index (κ1) is 15.9. The maximum atomic E-state index is 13.6. The van der Waals surface area contributed by atoms with Crippen LogP contribution in [-0.4, -0.2) is 10.5 Å². The predicted octanol–water partition coefficient (Wildman–Crippen LogP) is 4.62. The molecular weight excluding hydrogens is 310 g/mol. The highest BCUT2D eigenvalue weighted by atomic mass is 19.1. The van der Waals surface area contributed by atoms with Crippen LogP contribution >= 0.6 is 0 Å². The van der Waals surface area contributed by atoms with Crippen LogP contribution in [0.15, 0.2) is 54.6 Å². The van der Waals surface area contributed by atoms with Crippen LogP contribution in [0.5, 0.6) is 0 Å². The molecule has 0 aliphatic heterocycles. The summed E-state index contributed by atoms with van der Waals surface area (Å²) >= 11 is 0. The highest BCUT2D eigenvalue weighted by Crippen LogP contribution is 2.19. The predicted molar refractivity (Wildman–Crippen MR) is 89.6 cm³/mol. The van der Waals surface area contributed by atoms with Gasteiger partial charge in [-0.3, -0.25) is 4.79 Å². The van der Waals surface area contributed by atoms with Gasteiger partial charge in [0.2, 0.25) is 0 Å². The van der Waals surface area contributed by atoms with E-state index in [0.717, 1.165) is 29.2 Å². The van der Waals surface area contributed by atoms with E-state index in [1.165, 1.54) is 0 Å². The first-order valence-corrected chi connectivity index (χ1v) is 7.47. The standard InChI is InChI=1S/C19H16F2N2O/c1-12-3-4-13(2)23(12)16-8-6-15(7-9-16)22-19(24)17-10-5-14(20)11-18(17)21/h3-11H,1-2H3,(H,22,24). The number of rotatable bonds is 3. The first-order chi connectivity index (χ1) is 11.5. The van der Waals surface area contributed by atoms with Crippen LogP contribution in [0, 0.1) is 25.5 Å². The summed E-state index contributed by atoms with van der Waals surface area (Å²) in [5.74, 6) is -2.22. The van der Waals surface area contributed by atoms with E-state index in [1.54, 1.807) is 12.1 Å². The van der Waals surface area contributed by atoms with E-state index in [0.29, 0.717) is 11.8 Å². The molecule has 3 nitrogen and oxygen atoms in total. The van der Waals surface area contributed by atoms with Crippen LogP contribution in [0.1, 0.15) is 21.7 Å². The Balaban J connectivity index is 1.80. The number of carbonyl (C=O) groups excluding carboxylic acids is 1. The molecular formula is C19H16F2N2O. The largest absolute Gasteiger partial charge is 0.322 e. The van der Waals surface area contributed by atoms with Crippen LogP contribution in [-0.2, 0) is 0 Å². The van der Waals surface area contributed by atoms with Gasteiger partial charge < -0.3 is 9.88 Å². The molecule has 1 heterocycles. The van der Waals surface area contributed by atoms with Gasteiger partial charge in [0.05, 0.1) is 5.56 Å². The quantitative estimate of drug-likeness (QED) is 0.748. The number of anilines is 1. The van der Waals surface area contributed by atoms with Gasteiger partial charge in [0.1, 0.15) is 11.6 Å². The Kier molecular flexibility index (Phi) is 4.16. The molecule has 3 aromatic rings. The third kappa shape index (κ3) is 3.06. The van der Waals surface area contributed by atoms with Crippen LogP contribution in [0.4, 0.5) is 14.5 Å². The summed E-state index contributed by atoms with van der Waals surface area (Å²) in [6.45, 7) is 4.03. The Hall–Kier alpha value is -2.95. The van der Waals surface area contributed by atoms with E-state index in [2.05, 4.69) is 9.88 Å². The second-order valence-electron chi connectivity index (χ2n) is 5.58. The summed E-state index contributed by atoms with van der Waals surface area (Å²) in [6, 6.07) is 14.2. The van der Waals surface area contributed by atoms with E-state index in [1.807, 2.05) is 38.1 Å². The molecule has 0 aliphatic carbocycles. The molecule has 122 valence electrons. The van der Waals surface area contributed by atoms with Gasteiger partial charge in [0, 0.05) is 28.8 Å². The molecule has 0 atom stereocenters. The van der Waals surface area contributed by atoms with E-state index >= 15 is 0 Å². The number of halogens is 2. The smallest absolute Gasteiger partial charge is 0.258 e. The van der Waals surface area contributed by atoms with E-state index in [-0.39, 0.29) is 5.56 Å². The number of benzene rings is 2. The minimum atomic E-state index is -0.886. The Morgan fingerprint density at radius 2 is 1.54 bits per heavy atom. The lowest BCUT2D eigenvalue weighted by Crippen LogP contribution is -2.14. The zero-order valence-corrected chi connectivity index (χ0v) is 13.3. The topological polar surface area (TPSA) is 34.0 Å². The molecule has 1 N–H and O–H groups in total. The molecule has 5 heteroatoms. The van der Waals surface area contributed by atoms with Crippen LogP contribution in [0.3, 0.4) is 0 Å². The lowest BCUT2D eigenvalue weighted by Gasteiger charge is -2.11. The fraction of sp³-hybridized carbons (Fsp3) is 0.105. The van der Waals surface area contributed by atoms with Crippen molar-refractivity contribution in [3.8, 4) is 5.69 Å². The monoisotopic (exact) mass is 326 g/mol. The van der Waals surface area contributed by atoms with Gasteiger partial charge in [-0.25, -0.2) is 8.78 Å². The second-order valence-corrected chi connectivity index (χ2v) is 5.58. The molecule has 3 rings (SSSR count). The molecule has 0 radical (unpaired) electrons. The van der Waals surface area contributed by atoms with Crippen molar-refractivity contribution in [3.63, 3.8) is 0 Å². The molecule has 0 bridgehead atoms. The normalized spacial score (nSPS) is 10.7. The molecule has 0 saturated carbocycles. The number of hydrogen-bond acceptors (Lipinski definition) is 1. The summed E-state index contributed by atoms with van der Waals surface area (Å²) in [6.07, 6.45) is 0. The summed E-state index contributed by atoms with van der Waals surface area (Å²) in [5.41, 5.74) is 3.53. The number of nitrogens with one attached hydrogen (secondary N) is 1. The molecule has 0 saturated heterocycles. The highest BCUT2D eigenvalue weighted by molar-refractivity contribution is 6.04. The molecule has 0 aliphatic rings. The summed E-state index contributed by atoms with van der Waals surface area (Å²) in [5, 5.41) is 2.61. The van der Waals surface area contributed by atoms with Gasteiger partial charge in [-0.05, 0) is 62.4 Å². The van der Waals surface area contributed by atoms with Crippen molar-refractivity contribution < 1.29 is 13.6 Å². The minimum absolute atomic E-state index is 0.197. The fourth-order valence-corrected chi connectivity index (χ4v) is 2.64. The maximum Gasteiger partial charge on any atom is 0.258 e. The van der Waals surface area contributed by atoms with Crippen molar-refractivity contribution >= 4 is 11.6 Å². The zero-order valence-electron chi connectivity index (χ0n) is 13.3. The van der Waals surface area contributed by atoms with Crippen molar-refractivity contribution in [1.29, 1.82) is 0 Å². The number of amides is 1. The van der Waals surface area contributed by atoms with Crippen molar-refractivity contribution in [2.45, 2.75) is 13.8 Å². The third-order valence-corrected chi connectivity index (χ3v) is 3.83. The molecule has 24 heavy (non-hydrogen) atoms. The zero-order chi connectivity index (χ0) is 17.3. The van der Waals surface area contributed by atoms with Crippen LogP contribution in [0.25, 0.3) is 5.69 Å². The third-order valence-electron chi connectivity index (χ3n) is 3.83. The number of nitrogens with zero attached hydrogens (tertiary/aromatic N) is 1. The van der Waals surface area contributed by atoms with E-state index < -0.39 is 17.5 Å². The lowest BCUT2D eigenvalue weighted by atomic mass is 10.2. The summed E-state index contributed by atoms with van der Waals surface area (Å²) < 4.78 is 28.6. The average Bonchev–Trinajstić information content (AvgIpc) is 2.87. The van der Waals surface area contributed by atoms with Crippen molar-refractivity contribution in [1.82, 2.24) is 4.57 Å². The SMILES string of the molecule is Cc1ccc(C)n1-c1ccc(NC(=O)c2ccc(F)cc2F)cc1. The average molecular weight is 326 g/mol. The Morgan fingerprint density at radius 1 is 0.917 bits per heavy atom. The number of aryl methyl sites for hydroxylation is 2. The summed E-state index contributed by atoms with van der Waals surface area (Å²) in [4.78, 5) is 12.1. The Bertz CT molecular complexity index is 879. The Morgan fingerprint density at radius 3 is 2.12 bits per heavy atom. The molecule has 0 fully saturated rings. The molecule has 0 unspecified atom stereocenters. The van der Waals surface area contributed by atoms with Crippen molar-refractivity contribution in [3.05, 3.63) is 83.2 Å². The van der Waals surface area contributed by atoms with Crippen LogP contribution < -0.4 is 5.32 Å². The van der Waals surface area contributed by atoms with E-state index in [9.17, 15) is 13.6 Å². The van der Waals surface area contributed by atoms with Crippen molar-refractivity contribution in [2.75, 3.05) is 5.32 Å². The molecule has 1 aromatic heterocycles. The Labute approximate surface area is 138 Å². The number of aromatic nitrogens is 1. The van der Waals surface area contributed by atoms with Crippen molar-refractivity contribution in [2.24, 2.45) is 0 Å². The van der Waals surface area contributed by atoms with Gasteiger partial charge in [-0.15, -0.1) is 0 Å². The first-order valence-electron chi connectivity index (χ1n) is 7.47. The summed E-state index contributed by atoms with van der Waals surface area (Å²) in [7, 11) is 0. The van der Waals surface area contributed by atoms with Gasteiger partial charge in [0.15, 0.2) is 0 Å². The fourth-order valence-electron chi connectivity index (χ4n) is 2.64. The van der Waals surface area contributed by atoms with Gasteiger partial charge in [-0.2, -0.15) is 0 Å².